The predicted octanol–water partition coefficient (Wildman–Crippen LogP) is 1.83. The van der Waals surface area contributed by atoms with Gasteiger partial charge in [0.15, 0.2) is 0 Å². The van der Waals surface area contributed by atoms with Gasteiger partial charge in [0, 0.05) is 11.8 Å². The Hall–Kier alpha value is -0.920. The van der Waals surface area contributed by atoms with Crippen LogP contribution in [-0.4, -0.2) is 9.79 Å². The lowest BCUT2D eigenvalue weighted by Gasteiger charge is -2.10. The molecule has 0 saturated carbocycles. The molecule has 2 N–H and O–H groups in total. The van der Waals surface area contributed by atoms with Gasteiger partial charge in [-0.05, 0) is 6.07 Å². The predicted molar refractivity (Wildman–Crippen MR) is 52.1 cm³/mol. The topological polar surface area (TPSA) is 54.0 Å². The molecule has 6 heteroatoms. The van der Waals surface area contributed by atoms with Gasteiger partial charge in [0.1, 0.15) is 5.75 Å². The molecule has 1 aromatic rings. The first kappa shape index (κ1) is 10.2. The van der Waals surface area contributed by atoms with Crippen molar-refractivity contribution in [2.75, 3.05) is 0 Å². The molecule has 1 rings (SSSR count). The van der Waals surface area contributed by atoms with Gasteiger partial charge < -0.3 is 14.3 Å². The summed E-state index contributed by atoms with van der Waals surface area (Å²) in [4.78, 5) is 20.8. The van der Waals surface area contributed by atoms with Gasteiger partial charge >= 0.3 is 6.72 Å². The summed E-state index contributed by atoms with van der Waals surface area (Å²) in [6, 6.07) is 6.24. The molecule has 0 bridgehead atoms. The zero-order valence-corrected chi connectivity index (χ0v) is 8.13. The van der Waals surface area contributed by atoms with Gasteiger partial charge in [-0.15, -0.1) is 0 Å². The van der Waals surface area contributed by atoms with Crippen LogP contribution in [0.4, 0.5) is 5.69 Å². The zero-order chi connectivity index (χ0) is 9.90. The second kappa shape index (κ2) is 3.86. The Bertz CT molecular complexity index is 395. The molecule has 0 radical (unpaired) electrons. The molecule has 0 amide bonds. The molecule has 0 spiro atoms. The fourth-order valence-electron chi connectivity index (χ4n) is 0.755. The van der Waals surface area contributed by atoms with Crippen LogP contribution in [0.2, 0.25) is 0 Å². The van der Waals surface area contributed by atoms with Crippen molar-refractivity contribution < 1.29 is 14.3 Å². The Morgan fingerprint density at radius 2 is 2.00 bits per heavy atom. The Morgan fingerprint density at radius 3 is 2.54 bits per heavy atom. The van der Waals surface area contributed by atoms with Gasteiger partial charge in [-0.2, -0.15) is 0 Å². The molecule has 0 aliphatic heterocycles. The zero-order valence-electron chi connectivity index (χ0n) is 6.41. The average molecular weight is 215 g/mol. The lowest BCUT2D eigenvalue weighted by atomic mass is 10.3. The van der Waals surface area contributed by atoms with Gasteiger partial charge in [0.05, 0.1) is 6.57 Å². The minimum Gasteiger partial charge on any atom is -0.436 e. The quantitative estimate of drug-likeness (QED) is 0.583. The maximum absolute atomic E-state index is 8.85. The van der Waals surface area contributed by atoms with Gasteiger partial charge in [0.2, 0.25) is 5.69 Å². The van der Waals surface area contributed by atoms with E-state index in [1.54, 1.807) is 12.1 Å². The first-order valence-electron chi connectivity index (χ1n) is 3.24. The van der Waals surface area contributed by atoms with E-state index >= 15 is 0 Å². The molecular formula is C7H6NO3PS. The fraction of sp³-hybridized carbons (Fsp3) is 0. The van der Waals surface area contributed by atoms with Gasteiger partial charge in [0.25, 0.3) is 0 Å². The Balaban J connectivity index is 3.03. The third kappa shape index (κ3) is 3.13. The largest absolute Gasteiger partial charge is 0.436 e. The lowest BCUT2D eigenvalue weighted by molar-refractivity contribution is 0.371. The molecule has 68 valence electrons. The van der Waals surface area contributed by atoms with E-state index in [4.69, 9.17) is 16.4 Å². The highest BCUT2D eigenvalue weighted by Crippen LogP contribution is 2.41. The minimum absolute atomic E-state index is 0.103. The number of nitrogens with zero attached hydrogens (tertiary/aromatic N) is 1. The third-order valence-corrected chi connectivity index (χ3v) is 1.86. The molecule has 1 aromatic carbocycles. The molecule has 0 aromatic heterocycles. The standard InChI is InChI=1S/C7H6NO3PS/c1-8-6-4-2-3-5-7(6)11-12(9,10)13/h2-5H,(H2,9,10,13). The van der Waals surface area contributed by atoms with E-state index in [1.807, 2.05) is 0 Å². The van der Waals surface area contributed by atoms with Crippen LogP contribution in [0.3, 0.4) is 0 Å². The second-order valence-electron chi connectivity index (χ2n) is 2.16. The van der Waals surface area contributed by atoms with Crippen LogP contribution in [-0.2, 0) is 11.8 Å². The Morgan fingerprint density at radius 1 is 1.38 bits per heavy atom. The number of hydrogen-bond acceptors (Lipinski definition) is 2. The molecule has 0 heterocycles. The molecule has 13 heavy (non-hydrogen) atoms. The van der Waals surface area contributed by atoms with E-state index in [2.05, 4.69) is 21.2 Å². The number of rotatable bonds is 2. The second-order valence-corrected chi connectivity index (χ2v) is 4.75. The van der Waals surface area contributed by atoms with Crippen molar-refractivity contribution in [2.45, 2.75) is 0 Å². The summed E-state index contributed by atoms with van der Waals surface area (Å²) < 4.78 is 4.65. The van der Waals surface area contributed by atoms with E-state index in [9.17, 15) is 0 Å². The normalized spacial score (nSPS) is 10.5. The smallest absolute Gasteiger partial charge is 0.373 e. The molecular weight excluding hydrogens is 209 g/mol. The van der Waals surface area contributed by atoms with Crippen LogP contribution >= 0.6 is 6.72 Å². The molecule has 4 nitrogen and oxygen atoms in total. The summed E-state index contributed by atoms with van der Waals surface area (Å²) in [6.07, 6.45) is 0. The molecule has 0 atom stereocenters. The SMILES string of the molecule is [C-]#[N+]c1ccccc1OP(O)(O)=S. The van der Waals surface area contributed by atoms with Gasteiger partial charge in [-0.1, -0.05) is 18.2 Å². The van der Waals surface area contributed by atoms with Crippen LogP contribution in [0.15, 0.2) is 24.3 Å². The molecule has 0 aliphatic rings. The minimum atomic E-state index is -3.74. The van der Waals surface area contributed by atoms with Crippen molar-refractivity contribution in [3.8, 4) is 5.75 Å². The van der Waals surface area contributed by atoms with E-state index in [0.29, 0.717) is 0 Å². The Labute approximate surface area is 80.5 Å². The van der Waals surface area contributed by atoms with Gasteiger partial charge in [-0.25, -0.2) is 4.85 Å². The molecule has 0 saturated heterocycles. The van der Waals surface area contributed by atoms with Crippen LogP contribution in [0.5, 0.6) is 5.75 Å². The van der Waals surface area contributed by atoms with E-state index in [0.717, 1.165) is 0 Å². The third-order valence-electron chi connectivity index (χ3n) is 1.20. The lowest BCUT2D eigenvalue weighted by Crippen LogP contribution is -1.89. The van der Waals surface area contributed by atoms with Crippen molar-refractivity contribution in [1.82, 2.24) is 0 Å². The number of hydrogen-bond donors (Lipinski definition) is 2. The highest BCUT2D eigenvalue weighted by Gasteiger charge is 2.12. The van der Waals surface area contributed by atoms with Crippen molar-refractivity contribution in [2.24, 2.45) is 0 Å². The van der Waals surface area contributed by atoms with E-state index in [1.165, 1.54) is 12.1 Å². The van der Waals surface area contributed by atoms with Crippen molar-refractivity contribution in [3.05, 3.63) is 35.7 Å². The van der Waals surface area contributed by atoms with Crippen LogP contribution < -0.4 is 4.52 Å². The van der Waals surface area contributed by atoms with Crippen LogP contribution in [0, 0.1) is 6.57 Å². The van der Waals surface area contributed by atoms with Gasteiger partial charge in [-0.3, -0.25) is 0 Å². The molecule has 0 unspecified atom stereocenters. The maximum Gasteiger partial charge on any atom is 0.373 e. The summed E-state index contributed by atoms with van der Waals surface area (Å²) in [5.41, 5.74) is 0.208. The molecule has 0 fully saturated rings. The van der Waals surface area contributed by atoms with Crippen molar-refractivity contribution >= 4 is 24.2 Å². The Kier molecular flexibility index (Phi) is 3.02. The first-order valence-corrected chi connectivity index (χ1v) is 5.87. The van der Waals surface area contributed by atoms with E-state index < -0.39 is 6.72 Å². The first-order chi connectivity index (χ1) is 6.03. The average Bonchev–Trinajstić information content (AvgIpc) is 2.02. The maximum atomic E-state index is 8.85. The summed E-state index contributed by atoms with van der Waals surface area (Å²) in [5.74, 6) is 0.103. The number of benzene rings is 1. The fourth-order valence-corrected chi connectivity index (χ4v) is 1.41. The monoisotopic (exact) mass is 215 g/mol. The summed E-state index contributed by atoms with van der Waals surface area (Å²) in [5, 5.41) is 0. The summed E-state index contributed by atoms with van der Waals surface area (Å²) >= 11 is 4.27. The van der Waals surface area contributed by atoms with Crippen molar-refractivity contribution in [1.29, 1.82) is 0 Å². The van der Waals surface area contributed by atoms with Crippen LogP contribution in [0.1, 0.15) is 0 Å². The molecule has 0 aliphatic carbocycles. The number of para-hydroxylation sites is 2. The van der Waals surface area contributed by atoms with Crippen LogP contribution in [0.25, 0.3) is 4.85 Å². The van der Waals surface area contributed by atoms with Crippen molar-refractivity contribution in [3.63, 3.8) is 0 Å². The summed E-state index contributed by atoms with van der Waals surface area (Å²) in [6.45, 7) is 3.01. The highest BCUT2D eigenvalue weighted by molar-refractivity contribution is 8.06. The van der Waals surface area contributed by atoms with E-state index in [-0.39, 0.29) is 11.4 Å². The summed E-state index contributed by atoms with van der Waals surface area (Å²) in [7, 11) is 0. The highest BCUT2D eigenvalue weighted by atomic mass is 32.5.